The molecule has 1 fully saturated rings. The minimum Gasteiger partial charge on any atom is -0.388 e. The Morgan fingerprint density at radius 3 is 2.25 bits per heavy atom. The lowest BCUT2D eigenvalue weighted by molar-refractivity contribution is -0.163. The van der Waals surface area contributed by atoms with E-state index in [1.165, 1.54) is 5.56 Å². The van der Waals surface area contributed by atoms with Crippen LogP contribution >= 0.6 is 0 Å². The van der Waals surface area contributed by atoms with Crippen LogP contribution in [0.5, 0.6) is 0 Å². The molecule has 0 radical (unpaired) electrons. The number of carbonyl (C=O) groups is 1. The Hall–Kier alpha value is -2.01. The van der Waals surface area contributed by atoms with E-state index in [-0.39, 0.29) is 5.78 Å². The van der Waals surface area contributed by atoms with Crippen molar-refractivity contribution in [3.8, 4) is 11.1 Å². The summed E-state index contributed by atoms with van der Waals surface area (Å²) in [5.74, 6) is -0.258. The Labute approximate surface area is 142 Å². The van der Waals surface area contributed by atoms with Gasteiger partial charge in [0.25, 0.3) is 0 Å². The van der Waals surface area contributed by atoms with Crippen molar-refractivity contribution < 1.29 is 19.4 Å². The van der Waals surface area contributed by atoms with Crippen LogP contribution in [0.4, 0.5) is 0 Å². The van der Waals surface area contributed by atoms with Crippen molar-refractivity contribution >= 4 is 5.78 Å². The van der Waals surface area contributed by atoms with E-state index in [1.807, 2.05) is 30.3 Å². The van der Waals surface area contributed by atoms with Crippen LogP contribution in [-0.4, -0.2) is 36.3 Å². The number of carbonyl (C=O) groups excluding carboxylic acids is 1. The monoisotopic (exact) mass is 326 g/mol. The average molecular weight is 326 g/mol. The normalized spacial score (nSPS) is 16.7. The molecule has 0 saturated carbocycles. The van der Waals surface area contributed by atoms with Gasteiger partial charge in [-0.05, 0) is 16.7 Å². The van der Waals surface area contributed by atoms with E-state index in [1.54, 1.807) is 0 Å². The van der Waals surface area contributed by atoms with Crippen LogP contribution in [0.2, 0.25) is 0 Å². The predicted molar refractivity (Wildman–Crippen MR) is 91.5 cm³/mol. The lowest BCUT2D eigenvalue weighted by atomic mass is 9.89. The molecule has 0 bridgehead atoms. The molecule has 0 spiro atoms. The molecule has 1 N–H and O–H groups in total. The van der Waals surface area contributed by atoms with E-state index in [2.05, 4.69) is 24.3 Å². The minimum atomic E-state index is -0.912. The van der Waals surface area contributed by atoms with Gasteiger partial charge in [0.2, 0.25) is 0 Å². The van der Waals surface area contributed by atoms with Crippen LogP contribution in [0.1, 0.15) is 18.4 Å². The molecule has 126 valence electrons. The Morgan fingerprint density at radius 1 is 1.00 bits per heavy atom. The van der Waals surface area contributed by atoms with Crippen LogP contribution in [0.25, 0.3) is 11.1 Å². The van der Waals surface area contributed by atoms with Crippen molar-refractivity contribution in [2.45, 2.75) is 25.0 Å². The van der Waals surface area contributed by atoms with Crippen LogP contribution < -0.4 is 0 Å². The van der Waals surface area contributed by atoms with Gasteiger partial charge in [-0.25, -0.2) is 0 Å². The van der Waals surface area contributed by atoms with Gasteiger partial charge in [0, 0.05) is 26.1 Å². The third-order valence-corrected chi connectivity index (χ3v) is 4.53. The van der Waals surface area contributed by atoms with Crippen molar-refractivity contribution in [2.75, 3.05) is 19.8 Å². The molecule has 2 aromatic carbocycles. The standard InChI is InChI=1S/C20H22O4/c21-14-19(22)20(10-12-23-13-11-20)24-15-16-6-8-18(9-7-16)17-4-2-1-3-5-17/h1-9,21H,10-15H2. The molecule has 24 heavy (non-hydrogen) atoms. The van der Waals surface area contributed by atoms with Crippen LogP contribution in [0.3, 0.4) is 0 Å². The molecule has 1 aliphatic rings. The Kier molecular flexibility index (Phi) is 5.41. The highest BCUT2D eigenvalue weighted by Gasteiger charge is 2.40. The lowest BCUT2D eigenvalue weighted by Gasteiger charge is -2.35. The highest BCUT2D eigenvalue weighted by Crippen LogP contribution is 2.28. The molecule has 4 nitrogen and oxygen atoms in total. The molecular formula is C20H22O4. The Balaban J connectivity index is 1.68. The van der Waals surface area contributed by atoms with Gasteiger partial charge in [0.15, 0.2) is 5.78 Å². The number of hydrogen-bond acceptors (Lipinski definition) is 4. The van der Waals surface area contributed by atoms with Crippen LogP contribution in [0.15, 0.2) is 54.6 Å². The number of ketones is 1. The summed E-state index contributed by atoms with van der Waals surface area (Å²) in [5, 5.41) is 9.24. The molecular weight excluding hydrogens is 304 g/mol. The number of benzene rings is 2. The quantitative estimate of drug-likeness (QED) is 0.887. The van der Waals surface area contributed by atoms with Crippen molar-refractivity contribution in [1.29, 1.82) is 0 Å². The zero-order chi connectivity index (χ0) is 16.8. The Bertz CT molecular complexity index is 658. The third kappa shape index (κ3) is 3.73. The Morgan fingerprint density at radius 2 is 1.62 bits per heavy atom. The van der Waals surface area contributed by atoms with E-state index in [0.29, 0.717) is 32.7 Å². The average Bonchev–Trinajstić information content (AvgIpc) is 2.67. The van der Waals surface area contributed by atoms with Gasteiger partial charge in [0.1, 0.15) is 12.2 Å². The second-order valence-electron chi connectivity index (χ2n) is 6.04. The first kappa shape index (κ1) is 16.8. The first-order chi connectivity index (χ1) is 11.7. The van der Waals surface area contributed by atoms with Gasteiger partial charge in [-0.2, -0.15) is 0 Å². The zero-order valence-electron chi connectivity index (χ0n) is 13.6. The van der Waals surface area contributed by atoms with E-state index < -0.39 is 12.2 Å². The fourth-order valence-corrected chi connectivity index (χ4v) is 2.99. The van der Waals surface area contributed by atoms with Gasteiger partial charge >= 0.3 is 0 Å². The maximum absolute atomic E-state index is 12.1. The maximum Gasteiger partial charge on any atom is 0.190 e. The summed E-state index contributed by atoms with van der Waals surface area (Å²) in [4.78, 5) is 12.1. The molecule has 1 saturated heterocycles. The van der Waals surface area contributed by atoms with E-state index in [0.717, 1.165) is 11.1 Å². The van der Waals surface area contributed by atoms with Gasteiger partial charge in [-0.15, -0.1) is 0 Å². The summed E-state index contributed by atoms with van der Waals surface area (Å²) in [6.07, 6.45) is 0.989. The summed E-state index contributed by atoms with van der Waals surface area (Å²) in [6.45, 7) is 0.825. The molecule has 0 amide bonds. The second-order valence-corrected chi connectivity index (χ2v) is 6.04. The summed E-state index contributed by atoms with van der Waals surface area (Å²) >= 11 is 0. The van der Waals surface area contributed by atoms with Crippen molar-refractivity contribution in [2.24, 2.45) is 0 Å². The van der Waals surface area contributed by atoms with Crippen molar-refractivity contribution in [3.63, 3.8) is 0 Å². The zero-order valence-corrected chi connectivity index (χ0v) is 13.6. The van der Waals surface area contributed by atoms with Crippen LogP contribution in [-0.2, 0) is 20.9 Å². The molecule has 0 aliphatic carbocycles. The van der Waals surface area contributed by atoms with E-state index >= 15 is 0 Å². The summed E-state index contributed by atoms with van der Waals surface area (Å²) in [6, 6.07) is 18.3. The smallest absolute Gasteiger partial charge is 0.190 e. The maximum atomic E-state index is 12.1. The number of hydrogen-bond donors (Lipinski definition) is 1. The highest BCUT2D eigenvalue weighted by molar-refractivity contribution is 5.88. The van der Waals surface area contributed by atoms with Gasteiger partial charge in [-0.1, -0.05) is 54.6 Å². The second kappa shape index (κ2) is 7.71. The molecule has 0 unspecified atom stereocenters. The first-order valence-electron chi connectivity index (χ1n) is 8.24. The predicted octanol–water partition coefficient (Wildman–Crippen LogP) is 2.98. The minimum absolute atomic E-state index is 0.258. The molecule has 2 aromatic rings. The molecule has 4 heteroatoms. The molecule has 0 aromatic heterocycles. The number of aliphatic hydroxyl groups is 1. The summed E-state index contributed by atoms with van der Waals surface area (Å²) in [7, 11) is 0. The van der Waals surface area contributed by atoms with Gasteiger partial charge < -0.3 is 14.6 Å². The van der Waals surface area contributed by atoms with E-state index in [9.17, 15) is 9.90 Å². The largest absolute Gasteiger partial charge is 0.388 e. The number of rotatable bonds is 6. The van der Waals surface area contributed by atoms with E-state index in [4.69, 9.17) is 9.47 Å². The SMILES string of the molecule is O=C(CO)C1(OCc2ccc(-c3ccccc3)cc2)CCOCC1. The number of aliphatic hydroxyl groups excluding tert-OH is 1. The molecule has 1 aliphatic heterocycles. The van der Waals surface area contributed by atoms with Crippen molar-refractivity contribution in [1.82, 2.24) is 0 Å². The molecule has 1 heterocycles. The van der Waals surface area contributed by atoms with Crippen LogP contribution in [0, 0.1) is 0 Å². The summed E-state index contributed by atoms with van der Waals surface area (Å²) in [5.41, 5.74) is 2.41. The molecule has 0 atom stereocenters. The lowest BCUT2D eigenvalue weighted by Crippen LogP contribution is -2.47. The summed E-state index contributed by atoms with van der Waals surface area (Å²) < 4.78 is 11.3. The number of ether oxygens (including phenoxy) is 2. The molecule has 3 rings (SSSR count). The number of Topliss-reactive ketones (excluding diaryl/α,β-unsaturated/α-hetero) is 1. The highest BCUT2D eigenvalue weighted by atomic mass is 16.5. The first-order valence-corrected chi connectivity index (χ1v) is 8.24. The third-order valence-electron chi connectivity index (χ3n) is 4.53. The van der Waals surface area contributed by atoms with Gasteiger partial charge in [0.05, 0.1) is 6.61 Å². The van der Waals surface area contributed by atoms with Gasteiger partial charge in [-0.3, -0.25) is 4.79 Å². The van der Waals surface area contributed by atoms with Crippen molar-refractivity contribution in [3.05, 3.63) is 60.2 Å². The fraction of sp³-hybridized carbons (Fsp3) is 0.350. The fourth-order valence-electron chi connectivity index (χ4n) is 2.99. The topological polar surface area (TPSA) is 55.8 Å².